The van der Waals surface area contributed by atoms with E-state index in [4.69, 9.17) is 56.8 Å². The molecule has 0 spiro atoms. The summed E-state index contributed by atoms with van der Waals surface area (Å²) in [7, 11) is 8.36. The Hall–Kier alpha value is -8.70. The van der Waals surface area contributed by atoms with Gasteiger partial charge in [-0.25, -0.2) is 0 Å². The van der Waals surface area contributed by atoms with Crippen molar-refractivity contribution in [2.24, 2.45) is 141 Å². The van der Waals surface area contributed by atoms with Crippen LogP contribution in [0.2, 0.25) is 0 Å². The van der Waals surface area contributed by atoms with Gasteiger partial charge in [-0.15, -0.1) is 0 Å². The van der Waals surface area contributed by atoms with Crippen molar-refractivity contribution in [3.63, 3.8) is 0 Å². The predicted molar refractivity (Wildman–Crippen MR) is 528 cm³/mol. The Morgan fingerprint density at radius 2 is 0.614 bits per heavy atom. The number of hydrogen-bond donors (Lipinski definition) is 0. The molecule has 24 nitrogen and oxygen atoms in total. The van der Waals surface area contributed by atoms with E-state index >= 15 is 0 Å². The van der Waals surface area contributed by atoms with E-state index in [1.54, 1.807) is 0 Å². The average Bonchev–Trinajstić information content (AvgIpc) is 1.57. The molecular weight excluding hydrogens is 1780 g/mol. The lowest BCUT2D eigenvalue weighted by molar-refractivity contribution is -0.182. The highest BCUT2D eigenvalue weighted by Crippen LogP contribution is 2.60. The van der Waals surface area contributed by atoms with Crippen molar-refractivity contribution in [1.29, 1.82) is 0 Å². The van der Waals surface area contributed by atoms with Crippen LogP contribution in [0.5, 0.6) is 0 Å². The van der Waals surface area contributed by atoms with Crippen molar-refractivity contribution in [2.75, 3.05) is 42.7 Å². The molecule has 0 aromatic rings. The van der Waals surface area contributed by atoms with Crippen molar-refractivity contribution in [3.8, 4) is 0 Å². The van der Waals surface area contributed by atoms with E-state index < -0.39 is 27.6 Å². The molecule has 774 valence electrons. The topological polar surface area (TPSA) is 316 Å². The van der Waals surface area contributed by atoms with Crippen molar-refractivity contribution < 1.29 is 114 Å². The zero-order valence-electron chi connectivity index (χ0n) is 86.6. The molecule has 24 heteroatoms. The number of fused-ring (bicyclic) bond motifs is 12. The Kier molecular flexibility index (Phi) is 37.1. The zero-order valence-corrected chi connectivity index (χ0v) is 86.6. The van der Waals surface area contributed by atoms with E-state index in [0.29, 0.717) is 24.2 Å². The average molecular weight is 1940 g/mol. The van der Waals surface area contributed by atoms with E-state index in [-0.39, 0.29) is 214 Å². The lowest BCUT2D eigenvalue weighted by Crippen LogP contribution is -2.46. The van der Waals surface area contributed by atoms with Gasteiger partial charge in [-0.1, -0.05) is 179 Å². The van der Waals surface area contributed by atoms with Gasteiger partial charge in [-0.2, -0.15) is 0 Å². The van der Waals surface area contributed by atoms with Crippen LogP contribution in [-0.4, -0.2) is 148 Å². The molecule has 0 aromatic carbocycles. The first kappa shape index (κ1) is 109. The number of unbranched alkanes of at least 4 members (excludes halogenated alkanes) is 4. The first-order valence-corrected chi connectivity index (χ1v) is 54.2. The van der Waals surface area contributed by atoms with Gasteiger partial charge in [0.25, 0.3) is 0 Å². The first-order valence-electron chi connectivity index (χ1n) is 54.2. The summed E-state index contributed by atoms with van der Waals surface area (Å²) in [6, 6.07) is 0. The molecule has 0 saturated heterocycles. The second kappa shape index (κ2) is 47.9. The minimum atomic E-state index is -0.745. The van der Waals surface area contributed by atoms with Crippen LogP contribution in [0.1, 0.15) is 325 Å². The maximum atomic E-state index is 13.2. The third kappa shape index (κ3) is 23.8. The molecule has 0 amide bonds. The van der Waals surface area contributed by atoms with Gasteiger partial charge in [0.2, 0.25) is 0 Å². The molecule has 9 fully saturated rings. The predicted octanol–water partition coefficient (Wildman–Crippen LogP) is 22.0. The molecule has 0 N–H and O–H groups in total. The van der Waals surface area contributed by atoms with Crippen LogP contribution < -0.4 is 0 Å². The van der Waals surface area contributed by atoms with Crippen LogP contribution in [-0.2, 0) is 114 Å². The summed E-state index contributed by atoms with van der Waals surface area (Å²) in [6.45, 7) is 17.1. The number of methoxy groups -OCH3 is 6. The molecule has 25 atom stereocenters. The van der Waals surface area contributed by atoms with E-state index in [2.05, 4.69) is 159 Å². The second-order valence-electron chi connectivity index (χ2n) is 45.1. The highest BCUT2D eigenvalue weighted by atomic mass is 16.6. The molecule has 12 bridgehead atoms. The van der Waals surface area contributed by atoms with Gasteiger partial charge in [0.15, 0.2) is 0 Å². The molecule has 25 unspecified atom stereocenters. The molecule has 140 heavy (non-hydrogen) atoms. The number of rotatable bonds is 34. The molecular formula is C116H166O24. The van der Waals surface area contributed by atoms with Crippen LogP contribution >= 0.6 is 0 Å². The minimum Gasteiger partial charge on any atom is -0.469 e. The highest BCUT2D eigenvalue weighted by molar-refractivity contribution is 5.89. The van der Waals surface area contributed by atoms with Crippen LogP contribution in [0, 0.1) is 141 Å². The summed E-state index contributed by atoms with van der Waals surface area (Å²) in [6.07, 6.45) is 77.2. The van der Waals surface area contributed by atoms with Crippen molar-refractivity contribution >= 4 is 71.6 Å². The fourth-order valence-corrected chi connectivity index (χ4v) is 28.1. The number of esters is 12. The molecule has 9 saturated carbocycles. The standard InChI is InChI=1S/C20H30O4.C20H28O4.C19H28O4.C19H26O4.C19H28O4.C19H26O4/c2*1-3-4-10-20(11-6-5-7-12-20)24-19(22)17-15-9-8-14(13-15)16(17)18(21)23-2;2*1-13(2)19(8-4-5-9-19)23-17(21)18(12-16(20)22-3)11-14-6-7-15(18)10-14;2*1-3-4-9-19(10-5-6-11-19)23-18(21)16-14-8-7-13(12-14)15(16)17(20)22-2/h8-9,14-17H,3-7,10-13H2,1-2H3;6,8-9,11,14-17H,3-5,7,10,12-13H2,1-2H3;6-7,13-15H,4-5,8-12H2,1-3H3;4,6-8,13-15H,5,9-12H2,1-3H3;7-8,13-16H,3-6,9-12H2,1-2H3;5,7-8,10,13-16H,3-4,6,9,11-12H2,1-2H3. The van der Waals surface area contributed by atoms with Crippen LogP contribution in [0.25, 0.3) is 0 Å². The van der Waals surface area contributed by atoms with E-state index in [1.165, 1.54) is 49.1 Å². The largest absolute Gasteiger partial charge is 0.469 e. The minimum absolute atomic E-state index is 0.0914. The maximum absolute atomic E-state index is 13.2. The third-order valence-corrected chi connectivity index (χ3v) is 36.1. The smallest absolute Gasteiger partial charge is 0.314 e. The van der Waals surface area contributed by atoms with Gasteiger partial charge in [-0.05, 0) is 326 Å². The Bertz CT molecular complexity index is 4630. The number of carbonyl (C=O) groups is 12. The molecule has 18 aliphatic carbocycles. The van der Waals surface area contributed by atoms with Crippen molar-refractivity contribution in [1.82, 2.24) is 0 Å². The molecule has 0 heterocycles. The lowest BCUT2D eigenvalue weighted by Gasteiger charge is -2.39. The zero-order chi connectivity index (χ0) is 101. The van der Waals surface area contributed by atoms with Crippen LogP contribution in [0.15, 0.2) is 109 Å². The fourth-order valence-electron chi connectivity index (χ4n) is 28.1. The second-order valence-corrected chi connectivity index (χ2v) is 45.1. The highest BCUT2D eigenvalue weighted by Gasteiger charge is 2.63. The monoisotopic (exact) mass is 1940 g/mol. The SMILES string of the molecule is CCCCC1(OC(=O)C2C3C=CC(C3)C2C(=O)OC)C=CCC1.CCCCC1(OC(=O)C2C3C=CC(C3)C2C(=O)OC)C=CCCC1.CCCCC1(OC(=O)C2C3C=CC(C3)C2C(=O)OC)CCCC1.CCCCC1(OC(=O)C2C3C=CC(C3)C2C(=O)OC)CCCCC1.COC(=O)CC1(C(=O)OC2(C(C)C)C=CCC2)CC2C=CC1C2.COC(=O)CC1(C(=O)OC2(C(C)C)CCCC2)CC2C=CC1C2. The molecule has 18 aliphatic rings. The summed E-state index contributed by atoms with van der Waals surface area (Å²) in [5.41, 5.74) is -3.83. The van der Waals surface area contributed by atoms with Gasteiger partial charge < -0.3 is 56.8 Å². The van der Waals surface area contributed by atoms with Gasteiger partial charge >= 0.3 is 71.6 Å². The number of hydrogen-bond acceptors (Lipinski definition) is 24. The Labute approximate surface area is 833 Å². The Morgan fingerprint density at radius 1 is 0.293 bits per heavy atom. The first-order chi connectivity index (χ1) is 67.2. The molecule has 18 rings (SSSR count). The number of ether oxygens (including phenoxy) is 12. The maximum Gasteiger partial charge on any atom is 0.314 e. The molecule has 0 aliphatic heterocycles. The third-order valence-electron chi connectivity index (χ3n) is 36.1. The normalized spacial score (nSPS) is 35.5. The van der Waals surface area contributed by atoms with Crippen LogP contribution in [0.4, 0.5) is 0 Å². The Morgan fingerprint density at radius 3 is 0.914 bits per heavy atom. The lowest BCUT2D eigenvalue weighted by atomic mass is 9.72. The van der Waals surface area contributed by atoms with E-state index in [9.17, 15) is 57.5 Å². The van der Waals surface area contributed by atoms with Crippen molar-refractivity contribution in [3.05, 3.63) is 109 Å². The van der Waals surface area contributed by atoms with Gasteiger partial charge in [0, 0.05) is 0 Å². The molecule has 0 aromatic heterocycles. The van der Waals surface area contributed by atoms with Gasteiger partial charge in [0.05, 0.1) is 114 Å². The fraction of sp³-hybridized carbons (Fsp3) is 0.741. The summed E-state index contributed by atoms with van der Waals surface area (Å²) in [5.74, 6) is -3.33. The van der Waals surface area contributed by atoms with Crippen LogP contribution in [0.3, 0.4) is 0 Å². The van der Waals surface area contributed by atoms with Crippen molar-refractivity contribution in [2.45, 2.75) is 359 Å². The summed E-state index contributed by atoms with van der Waals surface area (Å²) in [5, 5.41) is 0. The summed E-state index contributed by atoms with van der Waals surface area (Å²) >= 11 is 0. The Balaban J connectivity index is 0.000000141. The van der Waals surface area contributed by atoms with E-state index in [1.807, 2.05) is 6.08 Å². The van der Waals surface area contributed by atoms with Gasteiger partial charge in [0.1, 0.15) is 33.6 Å². The summed E-state index contributed by atoms with van der Waals surface area (Å²) in [4.78, 5) is 151. The summed E-state index contributed by atoms with van der Waals surface area (Å²) < 4.78 is 66.1. The number of carbonyl (C=O) groups excluding carboxylic acids is 12. The van der Waals surface area contributed by atoms with Gasteiger partial charge in [-0.3, -0.25) is 57.5 Å². The van der Waals surface area contributed by atoms with E-state index in [0.717, 1.165) is 244 Å². The number of allylic oxidation sites excluding steroid dienone is 15. The quantitative estimate of drug-likeness (QED) is 0.0328. The molecule has 0 radical (unpaired) electrons.